The maximum Gasteiger partial charge on any atom is 0.287 e. The molecule has 0 radical (unpaired) electrons. The first kappa shape index (κ1) is 19.1. The third-order valence-electron chi connectivity index (χ3n) is 4.04. The molecule has 28 heavy (non-hydrogen) atoms. The highest BCUT2D eigenvalue weighted by atomic mass is 16.5. The van der Waals surface area contributed by atoms with Crippen LogP contribution >= 0.6 is 0 Å². The maximum atomic E-state index is 12.4. The van der Waals surface area contributed by atoms with E-state index < -0.39 is 0 Å². The molecule has 0 spiro atoms. The molecule has 142 valence electrons. The molecule has 0 unspecified atom stereocenters. The zero-order chi connectivity index (χ0) is 19.6. The number of benzene rings is 2. The Morgan fingerprint density at radius 2 is 1.75 bits per heavy atom. The molecule has 0 aliphatic rings. The molecular weight excluding hydrogens is 354 g/mol. The number of furan rings is 1. The molecule has 3 aromatic rings. The second-order valence-electron chi connectivity index (χ2n) is 6.02. The molecule has 0 fully saturated rings. The van der Waals surface area contributed by atoms with Crippen molar-refractivity contribution in [3.63, 3.8) is 0 Å². The van der Waals surface area contributed by atoms with E-state index in [2.05, 4.69) is 11.2 Å². The summed E-state index contributed by atoms with van der Waals surface area (Å²) in [6.45, 7) is 1.00. The maximum absolute atomic E-state index is 12.4. The lowest BCUT2D eigenvalue weighted by atomic mass is 10.1. The Bertz CT molecular complexity index is 923. The molecule has 0 aliphatic heterocycles. The summed E-state index contributed by atoms with van der Waals surface area (Å²) < 4.78 is 16.4. The summed E-state index contributed by atoms with van der Waals surface area (Å²) in [7, 11) is 0. The Balaban J connectivity index is 1.47. The molecule has 1 amide bonds. The van der Waals surface area contributed by atoms with Crippen molar-refractivity contribution >= 4 is 5.91 Å². The van der Waals surface area contributed by atoms with E-state index in [9.17, 15) is 4.79 Å². The van der Waals surface area contributed by atoms with Crippen LogP contribution in [0.5, 0.6) is 11.5 Å². The lowest BCUT2D eigenvalue weighted by Crippen LogP contribution is -2.26. The van der Waals surface area contributed by atoms with Crippen LogP contribution in [-0.2, 0) is 13.0 Å². The van der Waals surface area contributed by atoms with Gasteiger partial charge in [-0.2, -0.15) is 0 Å². The zero-order valence-electron chi connectivity index (χ0n) is 15.4. The normalized spacial score (nSPS) is 10.1. The van der Waals surface area contributed by atoms with Crippen molar-refractivity contribution in [1.29, 1.82) is 0 Å². The van der Waals surface area contributed by atoms with Gasteiger partial charge in [-0.05, 0) is 42.3 Å². The molecular formula is C23H21NO4. The van der Waals surface area contributed by atoms with E-state index in [1.54, 1.807) is 6.07 Å². The summed E-state index contributed by atoms with van der Waals surface area (Å²) in [5.74, 6) is 3.91. The van der Waals surface area contributed by atoms with E-state index in [0.29, 0.717) is 18.5 Å². The lowest BCUT2D eigenvalue weighted by Gasteiger charge is -2.08. The number of hydrogen-bond donors (Lipinski definition) is 1. The number of rotatable bonds is 9. The third-order valence-corrected chi connectivity index (χ3v) is 4.04. The molecule has 2 aromatic carbocycles. The Hall–Kier alpha value is -3.65. The minimum Gasteiger partial charge on any atom is -0.489 e. The molecule has 0 atom stereocenters. The molecule has 5 heteroatoms. The summed E-state index contributed by atoms with van der Waals surface area (Å²) in [6.07, 6.45) is 7.35. The van der Waals surface area contributed by atoms with Gasteiger partial charge in [-0.3, -0.25) is 4.79 Å². The fourth-order valence-corrected chi connectivity index (χ4v) is 2.60. The highest BCUT2D eigenvalue weighted by Crippen LogP contribution is 2.16. The molecule has 0 saturated carbocycles. The van der Waals surface area contributed by atoms with E-state index in [0.717, 1.165) is 17.1 Å². The van der Waals surface area contributed by atoms with Crippen LogP contribution in [0.25, 0.3) is 0 Å². The van der Waals surface area contributed by atoms with Crippen LogP contribution in [0, 0.1) is 12.3 Å². The Labute approximate surface area is 164 Å². The second-order valence-corrected chi connectivity index (χ2v) is 6.02. The first-order valence-corrected chi connectivity index (χ1v) is 8.94. The average Bonchev–Trinajstić information content (AvgIpc) is 3.21. The minimum absolute atomic E-state index is 0.245. The van der Waals surface area contributed by atoms with Crippen LogP contribution in [0.1, 0.15) is 21.7 Å². The average molecular weight is 375 g/mol. The van der Waals surface area contributed by atoms with Crippen LogP contribution < -0.4 is 14.8 Å². The summed E-state index contributed by atoms with van der Waals surface area (Å²) in [5.41, 5.74) is 1.79. The molecule has 0 aliphatic carbocycles. The number of terminal acetylenes is 1. The van der Waals surface area contributed by atoms with E-state index >= 15 is 0 Å². The number of carbonyl (C=O) groups is 1. The van der Waals surface area contributed by atoms with Crippen LogP contribution in [0.15, 0.2) is 71.3 Å². The van der Waals surface area contributed by atoms with Gasteiger partial charge in [0.1, 0.15) is 24.7 Å². The molecule has 1 heterocycles. The van der Waals surface area contributed by atoms with Crippen LogP contribution in [0.2, 0.25) is 0 Å². The predicted octanol–water partition coefficient (Wildman–Crippen LogP) is 3.84. The van der Waals surface area contributed by atoms with Gasteiger partial charge in [0.25, 0.3) is 5.91 Å². The minimum atomic E-state index is -0.259. The Morgan fingerprint density at radius 1 is 1.00 bits per heavy atom. The first-order chi connectivity index (χ1) is 13.8. The Morgan fingerprint density at radius 3 is 2.50 bits per heavy atom. The third kappa shape index (κ3) is 5.42. The van der Waals surface area contributed by atoms with Gasteiger partial charge in [-0.25, -0.2) is 0 Å². The summed E-state index contributed by atoms with van der Waals surface area (Å²) in [4.78, 5) is 12.4. The molecule has 1 N–H and O–H groups in total. The zero-order valence-corrected chi connectivity index (χ0v) is 15.4. The van der Waals surface area contributed by atoms with Crippen LogP contribution in [0.3, 0.4) is 0 Å². The predicted molar refractivity (Wildman–Crippen MR) is 106 cm³/mol. The smallest absolute Gasteiger partial charge is 0.287 e. The Kier molecular flexibility index (Phi) is 6.75. The molecule has 0 saturated heterocycles. The number of para-hydroxylation sites is 1. The summed E-state index contributed by atoms with van der Waals surface area (Å²) in [6, 6.07) is 18.8. The number of amides is 1. The molecule has 0 bridgehead atoms. The van der Waals surface area contributed by atoms with Gasteiger partial charge in [0, 0.05) is 12.1 Å². The number of carbonyl (C=O) groups excluding carboxylic acids is 1. The van der Waals surface area contributed by atoms with E-state index in [1.165, 1.54) is 6.26 Å². The van der Waals surface area contributed by atoms with Crippen LogP contribution in [-0.4, -0.2) is 19.1 Å². The topological polar surface area (TPSA) is 60.7 Å². The quantitative estimate of drug-likeness (QED) is 0.577. The SMILES string of the molecule is C#CCOc1ccc(CCNC(=O)c2occc2COc2ccccc2)cc1. The standard InChI is InChI=1S/C23H21NO4/c1-2-15-26-21-10-8-18(9-11-21)12-14-24-23(25)22-19(13-16-27-22)17-28-20-6-4-3-5-7-20/h1,3-11,13,16H,12,14-15,17H2,(H,24,25). The number of ether oxygens (including phenoxy) is 2. The highest BCUT2D eigenvalue weighted by molar-refractivity contribution is 5.92. The molecule has 3 rings (SSSR count). The van der Waals surface area contributed by atoms with Crippen molar-refractivity contribution < 1.29 is 18.7 Å². The highest BCUT2D eigenvalue weighted by Gasteiger charge is 2.15. The summed E-state index contributed by atoms with van der Waals surface area (Å²) in [5, 5.41) is 2.88. The van der Waals surface area contributed by atoms with Crippen molar-refractivity contribution in [3.8, 4) is 23.8 Å². The van der Waals surface area contributed by atoms with Crippen molar-refractivity contribution in [1.82, 2.24) is 5.32 Å². The lowest BCUT2D eigenvalue weighted by molar-refractivity contribution is 0.0923. The van der Waals surface area contributed by atoms with Gasteiger partial charge < -0.3 is 19.2 Å². The van der Waals surface area contributed by atoms with Gasteiger partial charge >= 0.3 is 0 Å². The van der Waals surface area contributed by atoms with Crippen LogP contribution in [0.4, 0.5) is 0 Å². The molecule has 5 nitrogen and oxygen atoms in total. The van der Waals surface area contributed by atoms with E-state index in [4.69, 9.17) is 20.3 Å². The fraction of sp³-hybridized carbons (Fsp3) is 0.174. The van der Waals surface area contributed by atoms with Gasteiger partial charge in [0.15, 0.2) is 5.76 Å². The van der Waals surface area contributed by atoms with Gasteiger partial charge in [0.05, 0.1) is 6.26 Å². The number of hydrogen-bond acceptors (Lipinski definition) is 4. The van der Waals surface area contributed by atoms with E-state index in [1.807, 2.05) is 54.6 Å². The second kappa shape index (κ2) is 9.89. The summed E-state index contributed by atoms with van der Waals surface area (Å²) >= 11 is 0. The van der Waals surface area contributed by atoms with E-state index in [-0.39, 0.29) is 24.9 Å². The first-order valence-electron chi connectivity index (χ1n) is 8.94. The van der Waals surface area contributed by atoms with Gasteiger partial charge in [-0.1, -0.05) is 36.3 Å². The van der Waals surface area contributed by atoms with Crippen molar-refractivity contribution in [3.05, 3.63) is 83.8 Å². The van der Waals surface area contributed by atoms with Gasteiger partial charge in [0.2, 0.25) is 0 Å². The molecule has 1 aromatic heterocycles. The van der Waals surface area contributed by atoms with Crippen molar-refractivity contribution in [2.45, 2.75) is 13.0 Å². The monoisotopic (exact) mass is 375 g/mol. The largest absolute Gasteiger partial charge is 0.489 e. The van der Waals surface area contributed by atoms with Gasteiger partial charge in [-0.15, -0.1) is 6.42 Å². The fourth-order valence-electron chi connectivity index (χ4n) is 2.60. The van der Waals surface area contributed by atoms with Crippen molar-refractivity contribution in [2.24, 2.45) is 0 Å². The van der Waals surface area contributed by atoms with Crippen molar-refractivity contribution in [2.75, 3.05) is 13.2 Å². The number of nitrogens with one attached hydrogen (secondary N) is 1.